The van der Waals surface area contributed by atoms with Crippen LogP contribution in [0.4, 0.5) is 21.0 Å². The first-order valence-corrected chi connectivity index (χ1v) is 22.0. The van der Waals surface area contributed by atoms with E-state index in [1.54, 1.807) is 26.5 Å². The highest BCUT2D eigenvalue weighted by molar-refractivity contribution is 9.10. The zero-order chi connectivity index (χ0) is 45.6. The van der Waals surface area contributed by atoms with Crippen LogP contribution in [-0.2, 0) is 22.2 Å². The number of benzene rings is 4. The maximum atomic E-state index is 11.6. The van der Waals surface area contributed by atoms with Gasteiger partial charge >= 0.3 is 19.2 Å². The molecular weight excluding hydrogens is 871 g/mol. The summed E-state index contributed by atoms with van der Waals surface area (Å²) in [5.74, 6) is 0. The number of H-pyrrole nitrogens is 2. The molecule has 0 unspecified atom stereocenters. The van der Waals surface area contributed by atoms with Crippen molar-refractivity contribution in [1.29, 1.82) is 0 Å². The van der Waals surface area contributed by atoms with Gasteiger partial charge in [-0.2, -0.15) is 10.2 Å². The highest BCUT2D eigenvalue weighted by Gasteiger charge is 2.52. The molecule has 1 aliphatic rings. The molecule has 4 aromatic carbocycles. The molecule has 9 rings (SSSR count). The Morgan fingerprint density at radius 3 is 1.66 bits per heavy atom. The smallest absolute Gasteiger partial charge is 0.399 e. The van der Waals surface area contributed by atoms with Gasteiger partial charge in [0.15, 0.2) is 0 Å². The average molecular weight is 926 g/mol. The number of carbonyl (C=O) groups is 2. The summed E-state index contributed by atoms with van der Waals surface area (Å²) in [5, 5.41) is 21.5. The van der Waals surface area contributed by atoms with E-state index in [2.05, 4.69) is 154 Å². The van der Waals surface area contributed by atoms with Crippen LogP contribution in [0.2, 0.25) is 0 Å². The van der Waals surface area contributed by atoms with Crippen LogP contribution >= 0.6 is 15.9 Å². The van der Waals surface area contributed by atoms with Crippen LogP contribution in [0.25, 0.3) is 44.3 Å². The zero-order valence-electron chi connectivity index (χ0n) is 37.3. The van der Waals surface area contributed by atoms with Crippen molar-refractivity contribution in [3.8, 4) is 22.5 Å². The van der Waals surface area contributed by atoms with Gasteiger partial charge in [-0.25, -0.2) is 19.0 Å². The number of anilines is 2. The summed E-state index contributed by atoms with van der Waals surface area (Å²) in [7, 11) is 2.81. The lowest BCUT2D eigenvalue weighted by Crippen LogP contribution is -2.41. The minimum Gasteiger partial charge on any atom is -0.399 e. The summed E-state index contributed by atoms with van der Waals surface area (Å²) in [6, 6.07) is 28.3. The number of hydrogen-bond acceptors (Lipinski definition) is 6. The number of hydrogen-bond donors (Lipinski definition) is 6. The zero-order valence-corrected chi connectivity index (χ0v) is 38.9. The number of amides is 4. The number of halogens is 1. The average Bonchev–Trinajstić information content (AvgIpc) is 4.16. The molecule has 6 N–H and O–H groups in total. The van der Waals surface area contributed by atoms with Crippen molar-refractivity contribution in [1.82, 2.24) is 40.2 Å². The number of carbonyl (C=O) groups excluding carboxylic acids is 2. The normalized spacial score (nSPS) is 13.7. The Hall–Kier alpha value is -6.62. The third-order valence-corrected chi connectivity index (χ3v) is 12.0. The number of urea groups is 2. The fourth-order valence-corrected chi connectivity index (χ4v) is 7.29. The van der Waals surface area contributed by atoms with E-state index in [-0.39, 0.29) is 30.4 Å². The Morgan fingerprint density at radius 2 is 1.14 bits per heavy atom. The maximum absolute atomic E-state index is 11.6. The molecule has 1 saturated heterocycles. The minimum absolute atomic E-state index is 0.226. The van der Waals surface area contributed by atoms with E-state index in [1.165, 1.54) is 11.1 Å². The lowest BCUT2D eigenvalue weighted by Gasteiger charge is -2.32. The quantitative estimate of drug-likeness (QED) is 0.0830. The fraction of sp³-hybridized carbons (Fsp3) is 0.250. The largest absolute Gasteiger partial charge is 0.498 e. The van der Waals surface area contributed by atoms with E-state index < -0.39 is 0 Å². The van der Waals surface area contributed by atoms with Gasteiger partial charge in [-0.15, -0.1) is 0 Å². The molecule has 0 aliphatic carbocycles. The molecule has 0 bridgehead atoms. The third kappa shape index (κ3) is 10.3. The Bertz CT molecular complexity index is 2850. The third-order valence-electron chi connectivity index (χ3n) is 11.5. The second-order valence-electron chi connectivity index (χ2n) is 16.3. The van der Waals surface area contributed by atoms with Gasteiger partial charge in [-0.05, 0) is 112 Å². The fourth-order valence-electron chi connectivity index (χ4n) is 6.93. The molecule has 8 aromatic rings. The molecule has 1 fully saturated rings. The highest BCUT2D eigenvalue weighted by Crippen LogP contribution is 2.36. The number of aryl methyl sites for hydroxylation is 2. The lowest BCUT2D eigenvalue weighted by atomic mass is 9.82. The Morgan fingerprint density at radius 1 is 0.656 bits per heavy atom. The molecule has 0 spiro atoms. The van der Waals surface area contributed by atoms with Gasteiger partial charge in [0.2, 0.25) is 0 Å². The Labute approximate surface area is 381 Å². The standard InChI is InChI=1S/C21H21N5O.C17H23BN2O2.C10H10BrN3O/c1-3-14-4-7-17(8-5-14)26-13-16(11-24-26)15-6-9-19-18(10-15)20(12-23-19)25-21(27)22-2;1-6-13-7-9-15(10-8-13)20-12-14(11-19-20)18-21-16(2,3)17(4,5)22-18;1-12-10(15)14-9-5-13-8-3-2-6(11)4-7(8)9/h4-13,23H,3H2,1-2H3,(H2,22,25,27);7-12H,6H2,1-5H3;2-5,13H,1H3,(H2,12,14,15). The van der Waals surface area contributed by atoms with Gasteiger partial charge < -0.3 is 40.5 Å². The van der Waals surface area contributed by atoms with Crippen molar-refractivity contribution in [2.45, 2.75) is 65.6 Å². The topological polar surface area (TPSA) is 168 Å². The summed E-state index contributed by atoms with van der Waals surface area (Å²) >= 11 is 3.39. The molecule has 14 nitrogen and oxygen atoms in total. The number of fused-ring (bicyclic) bond motifs is 2. The van der Waals surface area contributed by atoms with Crippen molar-refractivity contribution < 1.29 is 18.9 Å². The van der Waals surface area contributed by atoms with Gasteiger partial charge in [0, 0.05) is 82.4 Å². The highest BCUT2D eigenvalue weighted by atomic mass is 79.9. The summed E-state index contributed by atoms with van der Waals surface area (Å²) in [5.41, 5.74) is 10.5. The van der Waals surface area contributed by atoms with Crippen molar-refractivity contribution >= 4 is 73.8 Å². The summed E-state index contributed by atoms with van der Waals surface area (Å²) in [6.07, 6.45) is 13.3. The van der Waals surface area contributed by atoms with E-state index >= 15 is 0 Å². The molecule has 5 heterocycles. The predicted octanol–water partition coefficient (Wildman–Crippen LogP) is 9.75. The van der Waals surface area contributed by atoms with Gasteiger partial charge in [-0.1, -0.05) is 60.1 Å². The summed E-state index contributed by atoms with van der Waals surface area (Å²) < 4.78 is 16.8. The molecule has 0 radical (unpaired) electrons. The molecule has 4 amide bonds. The molecule has 330 valence electrons. The summed E-state index contributed by atoms with van der Waals surface area (Å²) in [4.78, 5) is 29.1. The van der Waals surface area contributed by atoms with E-state index in [0.717, 1.165) is 78.5 Å². The first-order chi connectivity index (χ1) is 30.7. The second kappa shape index (κ2) is 19.4. The van der Waals surface area contributed by atoms with Crippen LogP contribution in [0.5, 0.6) is 0 Å². The van der Waals surface area contributed by atoms with Crippen LogP contribution in [0.1, 0.15) is 52.7 Å². The molecule has 4 aromatic heterocycles. The molecule has 0 saturated carbocycles. The van der Waals surface area contributed by atoms with E-state index in [0.29, 0.717) is 0 Å². The second-order valence-corrected chi connectivity index (χ2v) is 17.2. The molecule has 1 aliphatic heterocycles. The first-order valence-electron chi connectivity index (χ1n) is 21.2. The maximum Gasteiger partial charge on any atom is 0.498 e. The van der Waals surface area contributed by atoms with Crippen molar-refractivity contribution in [2.75, 3.05) is 24.7 Å². The molecule has 0 atom stereocenters. The van der Waals surface area contributed by atoms with Crippen LogP contribution in [-0.4, -0.2) is 74.0 Å². The van der Waals surface area contributed by atoms with Crippen molar-refractivity contribution in [3.63, 3.8) is 0 Å². The van der Waals surface area contributed by atoms with Gasteiger partial charge in [0.05, 0.1) is 40.1 Å². The van der Waals surface area contributed by atoms with Crippen molar-refractivity contribution in [3.05, 3.63) is 138 Å². The van der Waals surface area contributed by atoms with E-state index in [1.807, 2.05) is 64.5 Å². The molecule has 16 heteroatoms. The molecular formula is C48H54BBrN10O4. The lowest BCUT2D eigenvalue weighted by molar-refractivity contribution is 0.00578. The first kappa shape index (κ1) is 45.4. The number of nitrogens with zero attached hydrogens (tertiary/aromatic N) is 4. The van der Waals surface area contributed by atoms with Gasteiger partial charge in [0.25, 0.3) is 0 Å². The van der Waals surface area contributed by atoms with E-state index in [9.17, 15) is 9.59 Å². The van der Waals surface area contributed by atoms with Gasteiger partial charge in [-0.3, -0.25) is 0 Å². The molecule has 64 heavy (non-hydrogen) atoms. The monoisotopic (exact) mass is 924 g/mol. The van der Waals surface area contributed by atoms with Gasteiger partial charge in [0.1, 0.15) is 0 Å². The van der Waals surface area contributed by atoms with E-state index in [4.69, 9.17) is 9.31 Å². The number of nitrogens with one attached hydrogen (secondary N) is 6. The number of aromatic nitrogens is 6. The van der Waals surface area contributed by atoms with Crippen molar-refractivity contribution in [2.24, 2.45) is 0 Å². The van der Waals surface area contributed by atoms with Crippen LogP contribution < -0.4 is 26.7 Å². The van der Waals surface area contributed by atoms with Crippen LogP contribution in [0, 0.1) is 0 Å². The van der Waals surface area contributed by atoms with Crippen LogP contribution in [0.15, 0.2) is 127 Å². The minimum atomic E-state index is -0.367. The number of aromatic amines is 2. The Balaban J connectivity index is 0.000000150. The summed E-state index contributed by atoms with van der Waals surface area (Å²) in [6.45, 7) is 12.5. The van der Waals surface area contributed by atoms with Crippen LogP contribution in [0.3, 0.4) is 0 Å². The predicted molar refractivity (Wildman–Crippen MR) is 261 cm³/mol. The SMILES string of the molecule is CCc1ccc(-n2cc(-c3ccc4[nH]cc(NC(=O)NC)c4c3)cn2)cc1.CCc1ccc(-n2cc(B3OC(C)(C)C(C)(C)O3)cn2)cc1.CNC(=O)Nc1c[nH]c2ccc(Br)cc12. The number of rotatable bonds is 8. The Kier molecular flexibility index (Phi) is 13.8.